The van der Waals surface area contributed by atoms with E-state index < -0.39 is 10.0 Å². The maximum Gasteiger partial charge on any atom is 0.243 e. The van der Waals surface area contributed by atoms with E-state index in [4.69, 9.17) is 4.74 Å². The van der Waals surface area contributed by atoms with E-state index in [1.165, 1.54) is 4.31 Å². The highest BCUT2D eigenvalue weighted by Gasteiger charge is 2.26. The summed E-state index contributed by atoms with van der Waals surface area (Å²) in [5.41, 5.74) is 4.25. The van der Waals surface area contributed by atoms with Crippen LogP contribution >= 0.6 is 15.9 Å². The van der Waals surface area contributed by atoms with Crippen LogP contribution in [0.2, 0.25) is 0 Å². The van der Waals surface area contributed by atoms with Gasteiger partial charge in [0.15, 0.2) is 0 Å². The average Bonchev–Trinajstić information content (AvgIpc) is 2.74. The molecule has 7 nitrogen and oxygen atoms in total. The molecule has 29 heavy (non-hydrogen) atoms. The van der Waals surface area contributed by atoms with Crippen LogP contribution < -0.4 is 5.43 Å². The van der Waals surface area contributed by atoms with Crippen molar-refractivity contribution in [3.05, 3.63) is 64.1 Å². The smallest absolute Gasteiger partial charge is 0.243 e. The fourth-order valence-electron chi connectivity index (χ4n) is 2.83. The molecule has 9 heteroatoms. The van der Waals surface area contributed by atoms with Gasteiger partial charge in [-0.25, -0.2) is 13.8 Å². The Hall–Kier alpha value is -2.07. The van der Waals surface area contributed by atoms with Crippen molar-refractivity contribution < 1.29 is 17.9 Å². The molecule has 1 fully saturated rings. The fraction of sp³-hybridized carbons (Fsp3) is 0.300. The van der Waals surface area contributed by atoms with Crippen molar-refractivity contribution in [3.8, 4) is 0 Å². The van der Waals surface area contributed by atoms with Gasteiger partial charge in [-0.1, -0.05) is 46.3 Å². The van der Waals surface area contributed by atoms with Gasteiger partial charge in [-0.3, -0.25) is 4.79 Å². The summed E-state index contributed by atoms with van der Waals surface area (Å²) in [7, 11) is -3.50. The van der Waals surface area contributed by atoms with Crippen molar-refractivity contribution in [2.75, 3.05) is 26.3 Å². The molecule has 154 valence electrons. The summed E-state index contributed by atoms with van der Waals surface area (Å²) in [5.74, 6) is -0.210. The highest BCUT2D eigenvalue weighted by Crippen LogP contribution is 2.18. The summed E-state index contributed by atoms with van der Waals surface area (Å²) in [5, 5.41) is 3.96. The van der Waals surface area contributed by atoms with E-state index in [-0.39, 0.29) is 17.2 Å². The number of nitrogens with zero attached hydrogens (tertiary/aromatic N) is 2. The first-order valence-corrected chi connectivity index (χ1v) is 11.4. The molecule has 0 bridgehead atoms. The van der Waals surface area contributed by atoms with Crippen molar-refractivity contribution in [2.24, 2.45) is 5.10 Å². The Morgan fingerprint density at radius 1 is 1.14 bits per heavy atom. The van der Waals surface area contributed by atoms with Gasteiger partial charge in [0.25, 0.3) is 0 Å². The number of aryl methyl sites for hydroxylation is 1. The predicted molar refractivity (Wildman–Crippen MR) is 114 cm³/mol. The molecule has 1 heterocycles. The zero-order valence-corrected chi connectivity index (χ0v) is 18.2. The van der Waals surface area contributed by atoms with E-state index in [1.807, 2.05) is 24.3 Å². The van der Waals surface area contributed by atoms with Gasteiger partial charge in [0.2, 0.25) is 15.9 Å². The van der Waals surface area contributed by atoms with Crippen LogP contribution in [0, 0.1) is 0 Å². The first-order chi connectivity index (χ1) is 14.0. The topological polar surface area (TPSA) is 88.1 Å². The van der Waals surface area contributed by atoms with E-state index >= 15 is 0 Å². The SMILES string of the molecule is O=C(CCc1ccc(S(=O)(=O)N2CCOCC2)cc1)N/N=C/c1ccccc1Br. The third-order valence-corrected chi connectivity index (χ3v) is 7.11. The van der Waals surface area contributed by atoms with Gasteiger partial charge in [-0.05, 0) is 30.2 Å². The lowest BCUT2D eigenvalue weighted by Gasteiger charge is -2.26. The molecule has 0 spiro atoms. The molecular formula is C20H22BrN3O4S. The molecule has 0 aliphatic carbocycles. The van der Waals surface area contributed by atoms with Gasteiger partial charge in [0.05, 0.1) is 24.3 Å². The van der Waals surface area contributed by atoms with Gasteiger partial charge in [0, 0.05) is 29.5 Å². The molecular weight excluding hydrogens is 458 g/mol. The first-order valence-electron chi connectivity index (χ1n) is 9.20. The zero-order chi connectivity index (χ0) is 20.7. The molecule has 0 radical (unpaired) electrons. The van der Waals surface area contributed by atoms with Gasteiger partial charge in [-0.15, -0.1) is 0 Å². The Morgan fingerprint density at radius 3 is 2.52 bits per heavy atom. The molecule has 3 rings (SSSR count). The number of halogens is 1. The molecule has 1 amide bonds. The van der Waals surface area contributed by atoms with E-state index in [0.29, 0.717) is 32.7 Å². The summed E-state index contributed by atoms with van der Waals surface area (Å²) >= 11 is 3.41. The minimum atomic E-state index is -3.50. The standard InChI is InChI=1S/C20H22BrN3O4S/c21-19-4-2-1-3-17(19)15-22-23-20(25)10-7-16-5-8-18(9-6-16)29(26,27)24-11-13-28-14-12-24/h1-6,8-9,15H,7,10-14H2,(H,23,25)/b22-15+. The quantitative estimate of drug-likeness (QED) is 0.488. The number of amides is 1. The van der Waals surface area contributed by atoms with Gasteiger partial charge >= 0.3 is 0 Å². The lowest BCUT2D eigenvalue weighted by atomic mass is 10.1. The second-order valence-corrected chi connectivity index (χ2v) is 9.27. The van der Waals surface area contributed by atoms with Crippen LogP contribution in [-0.4, -0.2) is 51.1 Å². The molecule has 1 aliphatic heterocycles. The lowest BCUT2D eigenvalue weighted by molar-refractivity contribution is -0.121. The van der Waals surface area contributed by atoms with Crippen LogP contribution in [0.5, 0.6) is 0 Å². The maximum absolute atomic E-state index is 12.6. The van der Waals surface area contributed by atoms with Crippen molar-refractivity contribution in [3.63, 3.8) is 0 Å². The molecule has 0 saturated carbocycles. The van der Waals surface area contributed by atoms with Crippen LogP contribution in [0.3, 0.4) is 0 Å². The largest absolute Gasteiger partial charge is 0.379 e. The minimum absolute atomic E-state index is 0.210. The second kappa shape index (κ2) is 10.1. The fourth-order valence-corrected chi connectivity index (χ4v) is 4.63. The monoisotopic (exact) mass is 479 g/mol. The van der Waals surface area contributed by atoms with Gasteiger partial charge in [-0.2, -0.15) is 9.41 Å². The summed E-state index contributed by atoms with van der Waals surface area (Å²) in [6.07, 6.45) is 2.32. The number of nitrogens with one attached hydrogen (secondary N) is 1. The number of benzene rings is 2. The summed E-state index contributed by atoms with van der Waals surface area (Å²) in [6.45, 7) is 1.56. The molecule has 0 atom stereocenters. The van der Waals surface area contributed by atoms with Crippen LogP contribution in [0.4, 0.5) is 0 Å². The summed E-state index contributed by atoms with van der Waals surface area (Å²) < 4.78 is 32.8. The molecule has 1 saturated heterocycles. The van der Waals surface area contributed by atoms with Crippen molar-refractivity contribution >= 4 is 38.1 Å². The summed E-state index contributed by atoms with van der Waals surface area (Å²) in [4.78, 5) is 12.2. The first kappa shape index (κ1) is 21.6. The van der Waals surface area contributed by atoms with Crippen LogP contribution in [0.15, 0.2) is 63.0 Å². The van der Waals surface area contributed by atoms with E-state index in [9.17, 15) is 13.2 Å². The van der Waals surface area contributed by atoms with E-state index in [2.05, 4.69) is 26.5 Å². The number of hydrogen-bond donors (Lipinski definition) is 1. The number of morpholine rings is 1. The predicted octanol–water partition coefficient (Wildman–Crippen LogP) is 2.55. The van der Waals surface area contributed by atoms with Crippen molar-refractivity contribution in [1.82, 2.24) is 9.73 Å². The second-order valence-electron chi connectivity index (χ2n) is 6.48. The van der Waals surface area contributed by atoms with Crippen molar-refractivity contribution in [2.45, 2.75) is 17.7 Å². The Balaban J connectivity index is 1.51. The van der Waals surface area contributed by atoms with Crippen LogP contribution in [-0.2, 0) is 26.0 Å². The number of rotatable bonds is 7. The molecule has 0 unspecified atom stereocenters. The number of ether oxygens (including phenoxy) is 1. The Labute approximate surface area is 178 Å². The van der Waals surface area contributed by atoms with Crippen LogP contribution in [0.25, 0.3) is 0 Å². The Kier molecular flexibility index (Phi) is 7.54. The molecule has 1 aliphatic rings. The average molecular weight is 480 g/mol. The number of hydrazone groups is 1. The van der Waals surface area contributed by atoms with E-state index in [1.54, 1.807) is 30.5 Å². The Morgan fingerprint density at radius 2 is 1.83 bits per heavy atom. The number of carbonyl (C=O) groups excluding carboxylic acids is 1. The van der Waals surface area contributed by atoms with E-state index in [0.717, 1.165) is 15.6 Å². The third kappa shape index (κ3) is 5.96. The number of hydrogen-bond acceptors (Lipinski definition) is 5. The Bertz CT molecular complexity index is 971. The highest BCUT2D eigenvalue weighted by atomic mass is 79.9. The van der Waals surface area contributed by atoms with Gasteiger partial charge in [0.1, 0.15) is 0 Å². The molecule has 1 N–H and O–H groups in total. The number of carbonyl (C=O) groups is 1. The number of sulfonamides is 1. The van der Waals surface area contributed by atoms with Gasteiger partial charge < -0.3 is 4.74 Å². The van der Waals surface area contributed by atoms with Crippen molar-refractivity contribution in [1.29, 1.82) is 0 Å². The minimum Gasteiger partial charge on any atom is -0.379 e. The molecule has 0 aromatic heterocycles. The van der Waals surface area contributed by atoms with Crippen LogP contribution in [0.1, 0.15) is 17.5 Å². The normalized spacial score (nSPS) is 15.5. The maximum atomic E-state index is 12.6. The lowest BCUT2D eigenvalue weighted by Crippen LogP contribution is -2.40. The molecule has 2 aromatic rings. The summed E-state index contributed by atoms with van der Waals surface area (Å²) in [6, 6.07) is 14.2. The zero-order valence-electron chi connectivity index (χ0n) is 15.8. The third-order valence-electron chi connectivity index (χ3n) is 4.47. The molecule has 2 aromatic carbocycles. The highest BCUT2D eigenvalue weighted by molar-refractivity contribution is 9.10.